The van der Waals surface area contributed by atoms with E-state index in [0.717, 1.165) is 5.56 Å². The molecule has 0 spiro atoms. The average Bonchev–Trinajstić information content (AvgIpc) is 2.44. The molecule has 6 heteroatoms. The van der Waals surface area contributed by atoms with E-state index in [0.29, 0.717) is 28.8 Å². The highest BCUT2D eigenvalue weighted by Gasteiger charge is 2.15. The summed E-state index contributed by atoms with van der Waals surface area (Å²) in [6, 6.07) is 11.5. The summed E-state index contributed by atoms with van der Waals surface area (Å²) in [4.78, 5) is 12.6. The number of benzene rings is 1. The Bertz CT molecular complexity index is 672. The molecule has 0 atom stereocenters. The molecule has 0 fully saturated rings. The standard InChI is InChI=1S/C14H13BN4O/c1-9-17-10(2)19-14(18-9)13(20-15)12(8-16)11-6-4-3-5-7-11/h3-7H,15H2,1-2H3. The van der Waals surface area contributed by atoms with Gasteiger partial charge in [0.25, 0.3) is 0 Å². The van der Waals surface area contributed by atoms with Crippen LogP contribution in [0.3, 0.4) is 0 Å². The number of rotatable bonds is 3. The first-order valence-electron chi connectivity index (χ1n) is 6.09. The third-order valence-electron chi connectivity index (χ3n) is 2.67. The van der Waals surface area contributed by atoms with E-state index in [1.807, 2.05) is 30.3 Å². The van der Waals surface area contributed by atoms with Crippen molar-refractivity contribution in [3.63, 3.8) is 0 Å². The van der Waals surface area contributed by atoms with Crippen LogP contribution in [0.25, 0.3) is 11.3 Å². The van der Waals surface area contributed by atoms with Crippen LogP contribution in [-0.4, -0.2) is 23.0 Å². The van der Waals surface area contributed by atoms with Gasteiger partial charge in [-0.15, -0.1) is 0 Å². The van der Waals surface area contributed by atoms with Crippen molar-refractivity contribution < 1.29 is 4.65 Å². The Balaban J connectivity index is 2.65. The Morgan fingerprint density at radius 1 is 1.10 bits per heavy atom. The fourth-order valence-electron chi connectivity index (χ4n) is 1.87. The van der Waals surface area contributed by atoms with Crippen LogP contribution >= 0.6 is 0 Å². The van der Waals surface area contributed by atoms with Gasteiger partial charge in [-0.25, -0.2) is 15.0 Å². The molecule has 98 valence electrons. The minimum absolute atomic E-state index is 0.354. The van der Waals surface area contributed by atoms with Crippen LogP contribution in [0, 0.1) is 25.2 Å². The van der Waals surface area contributed by atoms with Crippen molar-refractivity contribution in [1.82, 2.24) is 15.0 Å². The van der Waals surface area contributed by atoms with Gasteiger partial charge in [0.05, 0.1) is 0 Å². The molecule has 0 unspecified atom stereocenters. The molecule has 0 saturated heterocycles. The lowest BCUT2D eigenvalue weighted by Gasteiger charge is -2.10. The number of hydrogen-bond acceptors (Lipinski definition) is 5. The van der Waals surface area contributed by atoms with Crippen molar-refractivity contribution in [2.45, 2.75) is 13.8 Å². The lowest BCUT2D eigenvalue weighted by Crippen LogP contribution is -2.05. The van der Waals surface area contributed by atoms with Gasteiger partial charge in [0.15, 0.2) is 11.6 Å². The van der Waals surface area contributed by atoms with Gasteiger partial charge in [-0.2, -0.15) is 5.26 Å². The topological polar surface area (TPSA) is 71.7 Å². The maximum Gasteiger partial charge on any atom is 0.322 e. The van der Waals surface area contributed by atoms with Crippen LogP contribution in [0.2, 0.25) is 0 Å². The fraction of sp³-hybridized carbons (Fsp3) is 0.143. The highest BCUT2D eigenvalue weighted by atomic mass is 16.4. The predicted octanol–water partition coefficient (Wildman–Crippen LogP) is 1.45. The Morgan fingerprint density at radius 2 is 1.70 bits per heavy atom. The lowest BCUT2D eigenvalue weighted by molar-refractivity contribution is 0.563. The minimum Gasteiger partial charge on any atom is -0.564 e. The zero-order valence-corrected chi connectivity index (χ0v) is 11.6. The zero-order chi connectivity index (χ0) is 14.5. The molecular weight excluding hydrogens is 251 g/mol. The van der Waals surface area contributed by atoms with E-state index in [9.17, 15) is 5.26 Å². The average molecular weight is 264 g/mol. The summed E-state index contributed by atoms with van der Waals surface area (Å²) < 4.78 is 5.36. The summed E-state index contributed by atoms with van der Waals surface area (Å²) in [5.74, 6) is 1.91. The van der Waals surface area contributed by atoms with Crippen LogP contribution in [-0.2, 0) is 4.65 Å². The molecule has 2 rings (SSSR count). The Hall–Kier alpha value is -2.68. The van der Waals surface area contributed by atoms with Crippen LogP contribution < -0.4 is 0 Å². The van der Waals surface area contributed by atoms with E-state index < -0.39 is 0 Å². The lowest BCUT2D eigenvalue weighted by atomic mass is 10.1. The number of hydrogen-bond donors (Lipinski definition) is 0. The molecule has 2 aromatic rings. The van der Waals surface area contributed by atoms with E-state index in [4.69, 9.17) is 4.65 Å². The first-order valence-corrected chi connectivity index (χ1v) is 6.09. The van der Waals surface area contributed by atoms with E-state index >= 15 is 0 Å². The normalized spacial score (nSPS) is 11.4. The third kappa shape index (κ3) is 2.83. The highest BCUT2D eigenvalue weighted by molar-refractivity contribution is 6.05. The van der Waals surface area contributed by atoms with Crippen LogP contribution in [0.5, 0.6) is 0 Å². The second-order valence-electron chi connectivity index (χ2n) is 4.14. The number of aromatic nitrogens is 3. The van der Waals surface area contributed by atoms with Gasteiger partial charge in [0.1, 0.15) is 23.3 Å². The van der Waals surface area contributed by atoms with Gasteiger partial charge in [-0.05, 0) is 19.4 Å². The third-order valence-corrected chi connectivity index (χ3v) is 2.67. The van der Waals surface area contributed by atoms with Crippen molar-refractivity contribution in [3.05, 3.63) is 53.4 Å². The summed E-state index contributed by atoms with van der Waals surface area (Å²) in [5, 5.41) is 9.42. The van der Waals surface area contributed by atoms with Crippen molar-refractivity contribution in [1.29, 1.82) is 5.26 Å². The smallest absolute Gasteiger partial charge is 0.322 e. The van der Waals surface area contributed by atoms with E-state index in [2.05, 4.69) is 21.0 Å². The van der Waals surface area contributed by atoms with E-state index in [-0.39, 0.29) is 0 Å². The Kier molecular flexibility index (Phi) is 4.11. The second-order valence-corrected chi connectivity index (χ2v) is 4.14. The molecule has 20 heavy (non-hydrogen) atoms. The fourth-order valence-corrected chi connectivity index (χ4v) is 1.87. The summed E-state index contributed by atoms with van der Waals surface area (Å²) in [5.41, 5.74) is 1.17. The molecule has 0 aliphatic rings. The number of nitriles is 1. The summed E-state index contributed by atoms with van der Waals surface area (Å²) in [6.45, 7) is 3.56. The van der Waals surface area contributed by atoms with Crippen molar-refractivity contribution in [2.24, 2.45) is 0 Å². The molecule has 0 N–H and O–H groups in total. The summed E-state index contributed by atoms with van der Waals surface area (Å²) in [7, 11) is 1.50. The van der Waals surface area contributed by atoms with Gasteiger partial charge in [0.2, 0.25) is 0 Å². The van der Waals surface area contributed by atoms with Crippen molar-refractivity contribution in [3.8, 4) is 6.07 Å². The van der Waals surface area contributed by atoms with Gasteiger partial charge >= 0.3 is 8.05 Å². The zero-order valence-electron chi connectivity index (χ0n) is 11.6. The summed E-state index contributed by atoms with van der Waals surface area (Å²) in [6.07, 6.45) is 0. The quantitative estimate of drug-likeness (QED) is 0.476. The molecule has 5 nitrogen and oxygen atoms in total. The van der Waals surface area contributed by atoms with Crippen molar-refractivity contribution in [2.75, 3.05) is 0 Å². The maximum atomic E-state index is 9.42. The minimum atomic E-state index is 0.354. The highest BCUT2D eigenvalue weighted by Crippen LogP contribution is 2.24. The van der Waals surface area contributed by atoms with Gasteiger partial charge in [-0.3, -0.25) is 0 Å². The van der Waals surface area contributed by atoms with Crippen LogP contribution in [0.4, 0.5) is 0 Å². The molecule has 0 saturated carbocycles. The first kappa shape index (κ1) is 13.7. The maximum absolute atomic E-state index is 9.42. The van der Waals surface area contributed by atoms with E-state index in [1.54, 1.807) is 13.8 Å². The second kappa shape index (κ2) is 5.98. The Morgan fingerprint density at radius 3 is 2.20 bits per heavy atom. The van der Waals surface area contributed by atoms with E-state index in [1.165, 1.54) is 8.05 Å². The largest absolute Gasteiger partial charge is 0.564 e. The molecule has 0 aliphatic carbocycles. The Labute approximate surface area is 118 Å². The predicted molar refractivity (Wildman–Crippen MR) is 77.8 cm³/mol. The van der Waals surface area contributed by atoms with Gasteiger partial charge < -0.3 is 4.65 Å². The molecule has 1 aromatic carbocycles. The number of allylic oxidation sites excluding steroid dienone is 1. The van der Waals surface area contributed by atoms with Crippen LogP contribution in [0.15, 0.2) is 30.3 Å². The monoisotopic (exact) mass is 264 g/mol. The molecule has 0 amide bonds. The molecule has 0 bridgehead atoms. The molecule has 0 radical (unpaired) electrons. The molecule has 1 heterocycles. The van der Waals surface area contributed by atoms with Crippen molar-refractivity contribution >= 4 is 19.4 Å². The molecule has 0 aliphatic heterocycles. The first-order chi connectivity index (χ1) is 9.65. The van der Waals surface area contributed by atoms with Crippen LogP contribution in [0.1, 0.15) is 23.0 Å². The molecule has 1 aromatic heterocycles. The SMILES string of the molecule is BOC(=C(C#N)c1ccccc1)c1nc(C)nc(C)n1. The van der Waals surface area contributed by atoms with Gasteiger partial charge in [0, 0.05) is 0 Å². The van der Waals surface area contributed by atoms with Gasteiger partial charge in [-0.1, -0.05) is 30.3 Å². The number of nitrogens with zero attached hydrogens (tertiary/aromatic N) is 4. The summed E-state index contributed by atoms with van der Waals surface area (Å²) >= 11 is 0. The number of aryl methyl sites for hydroxylation is 2. The molecular formula is C14H13BN4O.